The molecule has 1 aromatic heterocycles. The van der Waals surface area contributed by atoms with Gasteiger partial charge in [-0.25, -0.2) is 0 Å². The predicted molar refractivity (Wildman–Crippen MR) is 146 cm³/mol. The molecule has 1 amide bonds. The van der Waals surface area contributed by atoms with Crippen molar-refractivity contribution in [1.29, 1.82) is 0 Å². The lowest BCUT2D eigenvalue weighted by Gasteiger charge is -2.43. The molecule has 2 unspecified atom stereocenters. The van der Waals surface area contributed by atoms with Crippen molar-refractivity contribution in [3.8, 4) is 17.0 Å². The Morgan fingerprint density at radius 1 is 1.11 bits per heavy atom. The Morgan fingerprint density at radius 2 is 1.89 bits per heavy atom. The van der Waals surface area contributed by atoms with Gasteiger partial charge in [-0.05, 0) is 74.6 Å². The number of ether oxygens (including phenoxy) is 2. The van der Waals surface area contributed by atoms with Gasteiger partial charge >= 0.3 is 0 Å². The third-order valence-corrected chi connectivity index (χ3v) is 8.65. The van der Waals surface area contributed by atoms with E-state index in [1.54, 1.807) is 0 Å². The van der Waals surface area contributed by atoms with Crippen LogP contribution >= 0.6 is 0 Å². The number of nitrogens with one attached hydrogen (secondary N) is 2. The average Bonchev–Trinajstić information content (AvgIpc) is 3.61. The molecule has 2 saturated carbocycles. The number of aliphatic hydroxyl groups is 1. The average molecular weight is 519 g/mol. The van der Waals surface area contributed by atoms with E-state index in [2.05, 4.69) is 20.4 Å². The highest BCUT2D eigenvalue weighted by atomic mass is 16.5. The van der Waals surface area contributed by atoms with E-state index in [-0.39, 0.29) is 23.7 Å². The van der Waals surface area contributed by atoms with Crippen molar-refractivity contribution in [2.24, 2.45) is 0 Å². The number of rotatable bonds is 7. The molecule has 3 fully saturated rings. The molecule has 0 radical (unpaired) electrons. The largest absolute Gasteiger partial charge is 0.490 e. The van der Waals surface area contributed by atoms with Crippen molar-refractivity contribution < 1.29 is 19.4 Å². The predicted octanol–water partition coefficient (Wildman–Crippen LogP) is 4.29. The molecule has 8 heteroatoms. The van der Waals surface area contributed by atoms with E-state index in [9.17, 15) is 9.90 Å². The molecule has 3 N–H and O–H groups in total. The number of hydrogen-bond donors (Lipinski definition) is 3. The first kappa shape index (κ1) is 25.3. The van der Waals surface area contributed by atoms with Crippen molar-refractivity contribution in [3.63, 3.8) is 0 Å². The van der Waals surface area contributed by atoms with Crippen molar-refractivity contribution in [2.75, 3.05) is 32.8 Å². The zero-order valence-electron chi connectivity index (χ0n) is 22.0. The number of aromatic amines is 1. The van der Waals surface area contributed by atoms with Gasteiger partial charge in [-0.1, -0.05) is 12.8 Å². The Labute approximate surface area is 223 Å². The van der Waals surface area contributed by atoms with Crippen LogP contribution in [0.25, 0.3) is 22.2 Å². The number of carbonyl (C=O) groups is 1. The van der Waals surface area contributed by atoms with Crippen molar-refractivity contribution >= 4 is 16.8 Å². The molecule has 38 heavy (non-hydrogen) atoms. The van der Waals surface area contributed by atoms with Gasteiger partial charge in [-0.2, -0.15) is 5.10 Å². The fourth-order valence-electron chi connectivity index (χ4n) is 6.51. The Kier molecular flexibility index (Phi) is 7.37. The normalized spacial score (nSPS) is 23.9. The minimum atomic E-state index is -0.266. The molecule has 6 rings (SSSR count). The van der Waals surface area contributed by atoms with E-state index in [0.29, 0.717) is 18.5 Å². The molecule has 202 valence electrons. The monoisotopic (exact) mass is 518 g/mol. The van der Waals surface area contributed by atoms with Gasteiger partial charge in [0.05, 0.1) is 30.5 Å². The molecule has 0 bridgehead atoms. The summed E-state index contributed by atoms with van der Waals surface area (Å²) in [6.07, 6.45) is 7.98. The molecule has 0 spiro atoms. The molecule has 2 heterocycles. The molecule has 2 aromatic carbocycles. The maximum atomic E-state index is 13.3. The quantitative estimate of drug-likeness (QED) is 0.432. The van der Waals surface area contributed by atoms with Crippen LogP contribution < -0.4 is 10.1 Å². The van der Waals surface area contributed by atoms with Crippen LogP contribution in [0.1, 0.15) is 61.7 Å². The second-order valence-corrected chi connectivity index (χ2v) is 11.1. The second kappa shape index (κ2) is 11.0. The lowest BCUT2D eigenvalue weighted by Crippen LogP contribution is -2.57. The van der Waals surface area contributed by atoms with E-state index < -0.39 is 0 Å². The molecule has 1 saturated heterocycles. The van der Waals surface area contributed by atoms with E-state index in [1.165, 1.54) is 12.8 Å². The van der Waals surface area contributed by atoms with E-state index in [0.717, 1.165) is 86.3 Å². The molecular weight excluding hydrogens is 480 g/mol. The fraction of sp³-hybridized carbons (Fsp3) is 0.533. The van der Waals surface area contributed by atoms with Gasteiger partial charge in [-0.3, -0.25) is 14.8 Å². The highest BCUT2D eigenvalue weighted by Gasteiger charge is 2.40. The molecular formula is C30H38N4O4. The molecule has 1 aliphatic heterocycles. The highest BCUT2D eigenvalue weighted by Crippen LogP contribution is 2.36. The number of aromatic nitrogens is 2. The minimum absolute atomic E-state index is 0.0444. The first-order valence-electron chi connectivity index (χ1n) is 14.1. The maximum absolute atomic E-state index is 13.3. The summed E-state index contributed by atoms with van der Waals surface area (Å²) in [4.78, 5) is 15.8. The number of aliphatic hydroxyl groups excluding tert-OH is 1. The summed E-state index contributed by atoms with van der Waals surface area (Å²) in [5, 5.41) is 21.8. The fourth-order valence-corrected chi connectivity index (χ4v) is 6.51. The van der Waals surface area contributed by atoms with Crippen LogP contribution in [0, 0.1) is 0 Å². The number of fused-ring (bicyclic) bond motifs is 1. The van der Waals surface area contributed by atoms with E-state index >= 15 is 0 Å². The Balaban J connectivity index is 1.15. The molecule has 3 aliphatic rings. The van der Waals surface area contributed by atoms with Crippen LogP contribution in [-0.4, -0.2) is 76.7 Å². The SMILES string of the molecule is O=C(NCC1(N2CCOCC2)CCCC1)c1ccc2[nH]nc(-c3ccc(OC4CCCC(O)C4)cc3)c2c1. The topological polar surface area (TPSA) is 99.7 Å². The summed E-state index contributed by atoms with van der Waals surface area (Å²) in [5.74, 6) is 0.755. The summed E-state index contributed by atoms with van der Waals surface area (Å²) >= 11 is 0. The number of benzene rings is 2. The smallest absolute Gasteiger partial charge is 0.251 e. The highest BCUT2D eigenvalue weighted by molar-refractivity contribution is 6.01. The molecule has 2 aliphatic carbocycles. The van der Waals surface area contributed by atoms with Gasteiger partial charge in [0.15, 0.2) is 0 Å². The summed E-state index contributed by atoms with van der Waals surface area (Å²) in [6, 6.07) is 13.7. The summed E-state index contributed by atoms with van der Waals surface area (Å²) in [6.45, 7) is 4.08. The number of H-pyrrole nitrogens is 1. The molecule has 8 nitrogen and oxygen atoms in total. The molecule has 3 aromatic rings. The minimum Gasteiger partial charge on any atom is -0.490 e. The summed E-state index contributed by atoms with van der Waals surface area (Å²) in [7, 11) is 0. The number of carbonyl (C=O) groups excluding carboxylic acids is 1. The van der Waals surface area contributed by atoms with E-state index in [1.807, 2.05) is 42.5 Å². The summed E-state index contributed by atoms with van der Waals surface area (Å²) < 4.78 is 11.7. The van der Waals surface area contributed by atoms with E-state index in [4.69, 9.17) is 9.47 Å². The van der Waals surface area contributed by atoms with Crippen LogP contribution in [0.4, 0.5) is 0 Å². The Morgan fingerprint density at radius 3 is 2.66 bits per heavy atom. The Bertz CT molecular complexity index is 1240. The van der Waals surface area contributed by atoms with Crippen LogP contribution in [0.2, 0.25) is 0 Å². The summed E-state index contributed by atoms with van der Waals surface area (Å²) in [5.41, 5.74) is 3.36. The standard InChI is InChI=1S/C30H38N4O4/c35-23-4-3-5-25(19-23)38-24-9-6-21(7-10-24)28-26-18-22(8-11-27(26)32-33-28)29(36)31-20-30(12-1-2-13-30)34-14-16-37-17-15-34/h6-11,18,23,25,35H,1-5,12-17,19-20H2,(H,31,36)(H,32,33). The lowest BCUT2D eigenvalue weighted by atomic mass is 9.94. The van der Waals surface area contributed by atoms with Gasteiger partial charge in [0.2, 0.25) is 0 Å². The first-order chi connectivity index (χ1) is 18.6. The van der Waals surface area contributed by atoms with Crippen LogP contribution in [-0.2, 0) is 4.74 Å². The van der Waals surface area contributed by atoms with Gasteiger partial charge in [0.1, 0.15) is 11.9 Å². The molecule has 2 atom stereocenters. The van der Waals surface area contributed by atoms with Crippen molar-refractivity contribution in [3.05, 3.63) is 48.0 Å². The second-order valence-electron chi connectivity index (χ2n) is 11.1. The lowest BCUT2D eigenvalue weighted by molar-refractivity contribution is -0.0199. The van der Waals surface area contributed by atoms with Crippen LogP contribution in [0.15, 0.2) is 42.5 Å². The third-order valence-electron chi connectivity index (χ3n) is 8.65. The third kappa shape index (κ3) is 5.30. The van der Waals surface area contributed by atoms with Crippen molar-refractivity contribution in [2.45, 2.75) is 69.1 Å². The zero-order chi connectivity index (χ0) is 26.0. The van der Waals surface area contributed by atoms with Crippen LogP contribution in [0.3, 0.4) is 0 Å². The van der Waals surface area contributed by atoms with Gasteiger partial charge in [0, 0.05) is 48.1 Å². The zero-order valence-corrected chi connectivity index (χ0v) is 22.0. The first-order valence-corrected chi connectivity index (χ1v) is 14.1. The number of nitrogens with zero attached hydrogens (tertiary/aromatic N) is 2. The number of morpholine rings is 1. The van der Waals surface area contributed by atoms with Gasteiger partial charge < -0.3 is 19.9 Å². The van der Waals surface area contributed by atoms with Crippen LogP contribution in [0.5, 0.6) is 5.75 Å². The van der Waals surface area contributed by atoms with Gasteiger partial charge in [-0.15, -0.1) is 0 Å². The number of amides is 1. The maximum Gasteiger partial charge on any atom is 0.251 e. The Hall–Kier alpha value is -2.94. The van der Waals surface area contributed by atoms with Crippen molar-refractivity contribution in [1.82, 2.24) is 20.4 Å². The van der Waals surface area contributed by atoms with Gasteiger partial charge in [0.25, 0.3) is 5.91 Å². The number of hydrogen-bond acceptors (Lipinski definition) is 6.